The van der Waals surface area contributed by atoms with Crippen molar-refractivity contribution in [1.29, 1.82) is 0 Å². The number of benzene rings is 2. The number of fused-ring (bicyclic) bond motifs is 1. The van der Waals surface area contributed by atoms with Gasteiger partial charge in [-0.15, -0.1) is 0 Å². The first-order chi connectivity index (χ1) is 12.7. The first-order valence-corrected chi connectivity index (χ1v) is 10.7. The topological polar surface area (TPSA) is 80.5 Å². The van der Waals surface area contributed by atoms with Crippen LogP contribution in [0.3, 0.4) is 0 Å². The highest BCUT2D eigenvalue weighted by Gasteiger charge is 2.19. The second kappa shape index (κ2) is 7.46. The lowest BCUT2D eigenvalue weighted by Gasteiger charge is -2.10. The van der Waals surface area contributed by atoms with E-state index in [-0.39, 0.29) is 16.4 Å². The second-order valence-corrected chi connectivity index (χ2v) is 9.51. The molecule has 3 aromatic rings. The Kier molecular flexibility index (Phi) is 5.41. The number of aromatic nitrogens is 1. The number of oxazole rings is 1. The molecule has 0 saturated heterocycles. The molecule has 6 nitrogen and oxygen atoms in total. The van der Waals surface area contributed by atoms with E-state index in [1.807, 2.05) is 32.0 Å². The van der Waals surface area contributed by atoms with Crippen LogP contribution in [0.1, 0.15) is 21.5 Å². The summed E-state index contributed by atoms with van der Waals surface area (Å²) in [6.45, 7) is 3.85. The quantitative estimate of drug-likeness (QED) is 0.461. The Morgan fingerprint density at radius 3 is 2.59 bits per heavy atom. The minimum Gasteiger partial charge on any atom is -0.431 e. The first kappa shape index (κ1) is 19.6. The molecule has 0 N–H and O–H groups in total. The molecule has 3 rings (SSSR count). The van der Waals surface area contributed by atoms with Crippen LogP contribution in [0.15, 0.2) is 50.9 Å². The summed E-state index contributed by atoms with van der Waals surface area (Å²) >= 11 is 1.20. The molecule has 0 saturated carbocycles. The monoisotopic (exact) mass is 404 g/mol. The third kappa shape index (κ3) is 4.07. The maximum Gasteiger partial charge on any atom is 0.257 e. The third-order valence-corrected chi connectivity index (χ3v) is 6.78. The molecule has 27 heavy (non-hydrogen) atoms. The Balaban J connectivity index is 1.80. The van der Waals surface area contributed by atoms with E-state index in [1.54, 1.807) is 6.07 Å². The molecule has 0 unspecified atom stereocenters. The van der Waals surface area contributed by atoms with Crippen LogP contribution in [0.2, 0.25) is 0 Å². The molecule has 0 aliphatic carbocycles. The molecular formula is C19H20N2O4S2. The van der Waals surface area contributed by atoms with Crippen molar-refractivity contribution in [2.24, 2.45) is 0 Å². The van der Waals surface area contributed by atoms with Gasteiger partial charge >= 0.3 is 0 Å². The predicted octanol–water partition coefficient (Wildman–Crippen LogP) is 3.67. The van der Waals surface area contributed by atoms with E-state index in [9.17, 15) is 13.2 Å². The van der Waals surface area contributed by atoms with Crippen LogP contribution in [-0.4, -0.2) is 43.3 Å². The van der Waals surface area contributed by atoms with Gasteiger partial charge in [-0.2, -0.15) is 0 Å². The minimum absolute atomic E-state index is 0.000620. The SMILES string of the molecule is Cc1ccc(C)c(C(=O)CSc2nc3cc(S(=O)(=O)N(C)C)ccc3o2)c1. The molecule has 0 bridgehead atoms. The van der Waals surface area contributed by atoms with Gasteiger partial charge in [-0.25, -0.2) is 17.7 Å². The highest BCUT2D eigenvalue weighted by molar-refractivity contribution is 7.99. The molecule has 0 radical (unpaired) electrons. The van der Waals surface area contributed by atoms with Crippen LogP contribution in [0.5, 0.6) is 0 Å². The van der Waals surface area contributed by atoms with Gasteiger partial charge in [0.2, 0.25) is 10.0 Å². The van der Waals surface area contributed by atoms with Crippen molar-refractivity contribution >= 4 is 38.7 Å². The summed E-state index contributed by atoms with van der Waals surface area (Å²) in [5.41, 5.74) is 3.58. The van der Waals surface area contributed by atoms with E-state index < -0.39 is 10.0 Å². The fraction of sp³-hybridized carbons (Fsp3) is 0.263. The van der Waals surface area contributed by atoms with Crippen molar-refractivity contribution in [3.05, 3.63) is 53.1 Å². The standard InChI is InChI=1S/C19H20N2O4S2/c1-12-5-6-13(2)15(9-12)17(22)11-26-19-20-16-10-14(7-8-18(16)25-19)27(23,24)21(3)4/h5-10H,11H2,1-4H3. The number of ketones is 1. The molecule has 0 spiro atoms. The second-order valence-electron chi connectivity index (χ2n) is 6.43. The van der Waals surface area contributed by atoms with Gasteiger partial charge in [0, 0.05) is 19.7 Å². The lowest BCUT2D eigenvalue weighted by atomic mass is 10.0. The Hall–Kier alpha value is -2.16. The van der Waals surface area contributed by atoms with Crippen molar-refractivity contribution in [3.63, 3.8) is 0 Å². The van der Waals surface area contributed by atoms with Crippen LogP contribution < -0.4 is 0 Å². The molecule has 0 aliphatic rings. The number of hydrogen-bond acceptors (Lipinski definition) is 6. The molecule has 2 aromatic carbocycles. The maximum absolute atomic E-state index is 12.5. The van der Waals surface area contributed by atoms with Gasteiger partial charge in [0.1, 0.15) is 5.52 Å². The van der Waals surface area contributed by atoms with E-state index in [0.29, 0.717) is 21.9 Å². The zero-order valence-electron chi connectivity index (χ0n) is 15.5. The van der Waals surface area contributed by atoms with E-state index in [0.717, 1.165) is 15.4 Å². The number of nitrogens with zero attached hydrogens (tertiary/aromatic N) is 2. The zero-order chi connectivity index (χ0) is 19.8. The van der Waals surface area contributed by atoms with Crippen LogP contribution in [0, 0.1) is 13.8 Å². The minimum atomic E-state index is -3.54. The van der Waals surface area contributed by atoms with Crippen molar-refractivity contribution in [2.45, 2.75) is 24.0 Å². The van der Waals surface area contributed by atoms with E-state index in [4.69, 9.17) is 4.42 Å². The van der Waals surface area contributed by atoms with E-state index in [1.165, 1.54) is 38.0 Å². The molecule has 0 fully saturated rings. The summed E-state index contributed by atoms with van der Waals surface area (Å²) in [4.78, 5) is 17.0. The number of carbonyl (C=O) groups excluding carboxylic acids is 1. The molecule has 0 amide bonds. The third-order valence-electron chi connectivity index (χ3n) is 4.14. The van der Waals surface area contributed by atoms with Crippen LogP contribution in [-0.2, 0) is 10.0 Å². The summed E-state index contributed by atoms with van der Waals surface area (Å²) in [6, 6.07) is 10.3. The lowest BCUT2D eigenvalue weighted by Crippen LogP contribution is -2.22. The number of aryl methyl sites for hydroxylation is 2. The number of sulfonamides is 1. The molecular weight excluding hydrogens is 384 g/mol. The smallest absolute Gasteiger partial charge is 0.257 e. The van der Waals surface area contributed by atoms with Gasteiger partial charge in [0.05, 0.1) is 10.6 Å². The maximum atomic E-state index is 12.5. The average molecular weight is 405 g/mol. The van der Waals surface area contributed by atoms with Gasteiger partial charge in [-0.1, -0.05) is 29.5 Å². The van der Waals surface area contributed by atoms with Crippen LogP contribution in [0.25, 0.3) is 11.1 Å². The summed E-state index contributed by atoms with van der Waals surface area (Å²) < 4.78 is 31.2. The molecule has 0 atom stereocenters. The molecule has 8 heteroatoms. The van der Waals surface area contributed by atoms with Gasteiger partial charge in [0.15, 0.2) is 11.4 Å². The molecule has 1 aromatic heterocycles. The largest absolute Gasteiger partial charge is 0.431 e. The number of carbonyl (C=O) groups is 1. The van der Waals surface area contributed by atoms with Gasteiger partial charge in [0.25, 0.3) is 5.22 Å². The Morgan fingerprint density at radius 1 is 1.15 bits per heavy atom. The summed E-state index contributed by atoms with van der Waals surface area (Å²) in [6.07, 6.45) is 0. The Bertz CT molecular complexity index is 1120. The van der Waals surface area contributed by atoms with Crippen LogP contribution in [0.4, 0.5) is 0 Å². The first-order valence-electron chi connectivity index (χ1n) is 8.25. The summed E-state index contributed by atoms with van der Waals surface area (Å²) in [7, 11) is -0.590. The molecule has 1 heterocycles. The number of Topliss-reactive ketones (excluding diaryl/α,β-unsaturated/α-hetero) is 1. The zero-order valence-corrected chi connectivity index (χ0v) is 17.1. The van der Waals surface area contributed by atoms with Crippen molar-refractivity contribution in [1.82, 2.24) is 9.29 Å². The van der Waals surface area contributed by atoms with Crippen molar-refractivity contribution in [3.8, 4) is 0 Å². The average Bonchev–Trinajstić information content (AvgIpc) is 3.03. The Labute approximate surface area is 162 Å². The number of thioether (sulfide) groups is 1. The summed E-state index contributed by atoms with van der Waals surface area (Å²) in [5.74, 6) is 0.194. The fourth-order valence-corrected chi connectivity index (χ4v) is 4.20. The van der Waals surface area contributed by atoms with Gasteiger partial charge in [-0.05, 0) is 43.7 Å². The van der Waals surface area contributed by atoms with E-state index >= 15 is 0 Å². The van der Waals surface area contributed by atoms with Gasteiger partial charge < -0.3 is 4.42 Å². The van der Waals surface area contributed by atoms with Gasteiger partial charge in [-0.3, -0.25) is 4.79 Å². The normalized spacial score (nSPS) is 12.0. The Morgan fingerprint density at radius 2 is 1.89 bits per heavy atom. The number of hydrogen-bond donors (Lipinski definition) is 0. The molecule has 142 valence electrons. The molecule has 0 aliphatic heterocycles. The van der Waals surface area contributed by atoms with E-state index in [2.05, 4.69) is 4.98 Å². The highest BCUT2D eigenvalue weighted by Crippen LogP contribution is 2.27. The predicted molar refractivity (Wildman–Crippen MR) is 106 cm³/mol. The van der Waals surface area contributed by atoms with Crippen LogP contribution >= 0.6 is 11.8 Å². The lowest BCUT2D eigenvalue weighted by molar-refractivity contribution is 0.102. The summed E-state index contributed by atoms with van der Waals surface area (Å²) in [5, 5.41) is 0.336. The fourth-order valence-electron chi connectivity index (χ4n) is 2.56. The highest BCUT2D eigenvalue weighted by atomic mass is 32.2. The van der Waals surface area contributed by atoms with Crippen molar-refractivity contribution < 1.29 is 17.6 Å². The van der Waals surface area contributed by atoms with Crippen molar-refractivity contribution in [2.75, 3.05) is 19.8 Å². The number of rotatable bonds is 6.